The van der Waals surface area contributed by atoms with Crippen LogP contribution in [0.2, 0.25) is 0 Å². The van der Waals surface area contributed by atoms with Crippen molar-refractivity contribution < 1.29 is 13.6 Å². The number of halogens is 4. The summed E-state index contributed by atoms with van der Waals surface area (Å²) in [6.45, 7) is 3.11. The number of nitrogens with one attached hydrogen (secondary N) is 1. The molecule has 3 rings (SSSR count). The first-order chi connectivity index (χ1) is 11.1. The quantitative estimate of drug-likeness (QED) is 0.825. The number of piperazine rings is 1. The van der Waals surface area contributed by atoms with Gasteiger partial charge >= 0.3 is 0 Å². The molecule has 4 nitrogen and oxygen atoms in total. The lowest BCUT2D eigenvalue weighted by Gasteiger charge is -2.37. The molecular weight excluding hydrogens is 391 g/mol. The number of amides is 1. The average molecular weight is 414 g/mol. The molecule has 1 unspecified atom stereocenters. The fourth-order valence-corrected chi connectivity index (χ4v) is 3.96. The average Bonchev–Trinajstić information content (AvgIpc) is 2.58. The van der Waals surface area contributed by atoms with Gasteiger partial charge in [0.25, 0.3) is 0 Å². The zero-order valence-corrected chi connectivity index (χ0v) is 16.2. The van der Waals surface area contributed by atoms with Gasteiger partial charge in [0.1, 0.15) is 11.6 Å². The van der Waals surface area contributed by atoms with Crippen LogP contribution in [0.25, 0.3) is 0 Å². The van der Waals surface area contributed by atoms with Gasteiger partial charge in [0.2, 0.25) is 5.91 Å². The third kappa shape index (κ3) is 5.88. The summed E-state index contributed by atoms with van der Waals surface area (Å²) in [5.74, 6) is 1.35. The zero-order valence-electron chi connectivity index (χ0n) is 13.7. The van der Waals surface area contributed by atoms with Gasteiger partial charge in [-0.25, -0.2) is 8.78 Å². The van der Waals surface area contributed by atoms with Crippen molar-refractivity contribution in [2.45, 2.75) is 12.5 Å². The van der Waals surface area contributed by atoms with Gasteiger partial charge in [-0.2, -0.15) is 11.8 Å². The van der Waals surface area contributed by atoms with E-state index in [4.69, 9.17) is 0 Å². The molecule has 1 aromatic carbocycles. The van der Waals surface area contributed by atoms with Crippen LogP contribution in [-0.4, -0.2) is 61.1 Å². The molecule has 2 fully saturated rings. The van der Waals surface area contributed by atoms with Crippen molar-refractivity contribution in [1.82, 2.24) is 10.2 Å². The lowest BCUT2D eigenvalue weighted by Crippen LogP contribution is -2.51. The van der Waals surface area contributed by atoms with E-state index in [1.165, 1.54) is 6.07 Å². The molecule has 1 aromatic rings. The highest BCUT2D eigenvalue weighted by atomic mass is 35.5. The molecule has 1 N–H and O–H groups in total. The maximum atomic E-state index is 13.8. The van der Waals surface area contributed by atoms with E-state index < -0.39 is 11.6 Å². The minimum atomic E-state index is -0.444. The van der Waals surface area contributed by atoms with Gasteiger partial charge in [-0.3, -0.25) is 4.79 Å². The van der Waals surface area contributed by atoms with E-state index in [1.54, 1.807) is 4.90 Å². The van der Waals surface area contributed by atoms with Gasteiger partial charge < -0.3 is 15.1 Å². The second-order valence-corrected chi connectivity index (χ2v) is 7.04. The number of hydrogen-bond acceptors (Lipinski definition) is 4. The molecule has 2 heterocycles. The third-order valence-corrected chi connectivity index (χ3v) is 5.43. The summed E-state index contributed by atoms with van der Waals surface area (Å²) in [6.07, 6.45) is 0.515. The molecular formula is C16H23Cl2F2N3OS. The minimum Gasteiger partial charge on any atom is -0.366 e. The number of benzene rings is 1. The Morgan fingerprint density at radius 3 is 2.56 bits per heavy atom. The summed E-state index contributed by atoms with van der Waals surface area (Å²) in [5.41, 5.74) is 0.280. The van der Waals surface area contributed by atoms with Crippen molar-refractivity contribution in [3.05, 3.63) is 29.8 Å². The minimum absolute atomic E-state index is 0. The van der Waals surface area contributed by atoms with Crippen molar-refractivity contribution >= 4 is 48.2 Å². The first-order valence-corrected chi connectivity index (χ1v) is 9.08. The summed E-state index contributed by atoms with van der Waals surface area (Å²) in [6, 6.07) is 3.73. The van der Waals surface area contributed by atoms with Gasteiger partial charge in [-0.15, -0.1) is 24.8 Å². The highest BCUT2D eigenvalue weighted by Gasteiger charge is 2.25. The summed E-state index contributed by atoms with van der Waals surface area (Å²) in [4.78, 5) is 16.0. The summed E-state index contributed by atoms with van der Waals surface area (Å²) >= 11 is 1.87. The summed E-state index contributed by atoms with van der Waals surface area (Å²) in [5, 5.41) is 3.37. The zero-order chi connectivity index (χ0) is 16.2. The molecule has 2 aliphatic rings. The summed E-state index contributed by atoms with van der Waals surface area (Å²) < 4.78 is 27.1. The topological polar surface area (TPSA) is 35.6 Å². The van der Waals surface area contributed by atoms with E-state index in [0.29, 0.717) is 32.6 Å². The van der Waals surface area contributed by atoms with E-state index in [2.05, 4.69) is 5.32 Å². The second kappa shape index (κ2) is 10.4. The Balaban J connectivity index is 0.00000156. The molecule has 0 bridgehead atoms. The van der Waals surface area contributed by atoms with Crippen LogP contribution in [0.1, 0.15) is 6.42 Å². The molecule has 25 heavy (non-hydrogen) atoms. The van der Waals surface area contributed by atoms with Crippen LogP contribution in [0, 0.1) is 11.6 Å². The van der Waals surface area contributed by atoms with E-state index in [0.717, 1.165) is 30.2 Å². The molecule has 1 atom stereocenters. The van der Waals surface area contributed by atoms with E-state index in [9.17, 15) is 13.6 Å². The SMILES string of the molecule is Cl.Cl.O=C(CC1CSCCN1)N1CCN(c2cc(F)ccc2F)CC1. The van der Waals surface area contributed by atoms with E-state index >= 15 is 0 Å². The highest BCUT2D eigenvalue weighted by molar-refractivity contribution is 7.99. The standard InChI is InChI=1S/C16H21F2N3OS.2ClH/c17-12-1-2-14(18)15(9-12)20-4-6-21(7-5-20)16(22)10-13-11-23-8-3-19-13;;/h1-2,9,13,19H,3-8,10-11H2;2*1H. The summed E-state index contributed by atoms with van der Waals surface area (Å²) in [7, 11) is 0. The molecule has 2 saturated heterocycles. The van der Waals surface area contributed by atoms with Crippen molar-refractivity contribution in [3.63, 3.8) is 0 Å². The first-order valence-electron chi connectivity index (χ1n) is 7.92. The maximum absolute atomic E-state index is 13.8. The fraction of sp³-hybridized carbons (Fsp3) is 0.562. The Labute approximate surface area is 163 Å². The number of carbonyl (C=O) groups is 1. The first kappa shape index (κ1) is 22.3. The van der Waals surface area contributed by atoms with Crippen molar-refractivity contribution in [3.8, 4) is 0 Å². The Bertz CT molecular complexity index is 568. The number of carbonyl (C=O) groups excluding carboxylic acids is 1. The van der Waals surface area contributed by atoms with Gasteiger partial charge in [0.05, 0.1) is 5.69 Å². The number of thioether (sulfide) groups is 1. The third-order valence-electron chi connectivity index (χ3n) is 4.30. The monoisotopic (exact) mass is 413 g/mol. The van der Waals surface area contributed by atoms with Gasteiger partial charge in [0.15, 0.2) is 0 Å². The largest absolute Gasteiger partial charge is 0.366 e. The van der Waals surface area contributed by atoms with Crippen LogP contribution in [0.4, 0.5) is 14.5 Å². The molecule has 2 aliphatic heterocycles. The molecule has 142 valence electrons. The molecule has 0 aliphatic carbocycles. The van der Waals surface area contributed by atoms with Crippen molar-refractivity contribution in [2.24, 2.45) is 0 Å². The van der Waals surface area contributed by atoms with E-state index in [-0.39, 0.29) is 42.5 Å². The molecule has 9 heteroatoms. The van der Waals surface area contributed by atoms with Crippen LogP contribution in [0.5, 0.6) is 0 Å². The van der Waals surface area contributed by atoms with Gasteiger partial charge in [-0.1, -0.05) is 0 Å². The van der Waals surface area contributed by atoms with Crippen molar-refractivity contribution in [2.75, 3.05) is 49.1 Å². The number of anilines is 1. The Hall–Kier alpha value is -0.760. The fourth-order valence-electron chi connectivity index (χ4n) is 3.02. The Morgan fingerprint density at radius 1 is 1.20 bits per heavy atom. The molecule has 0 spiro atoms. The number of nitrogens with zero attached hydrogens (tertiary/aromatic N) is 2. The van der Waals surface area contributed by atoms with Crippen LogP contribution in [-0.2, 0) is 4.79 Å². The predicted octanol–water partition coefficient (Wildman–Crippen LogP) is 2.55. The van der Waals surface area contributed by atoms with Crippen LogP contribution >= 0.6 is 36.6 Å². The molecule has 0 saturated carbocycles. The lowest BCUT2D eigenvalue weighted by molar-refractivity contribution is -0.131. The predicted molar refractivity (Wildman–Crippen MR) is 103 cm³/mol. The van der Waals surface area contributed by atoms with Gasteiger partial charge in [0, 0.05) is 62.8 Å². The van der Waals surface area contributed by atoms with E-state index in [1.807, 2.05) is 16.7 Å². The molecule has 1 amide bonds. The van der Waals surface area contributed by atoms with Crippen LogP contribution in [0.15, 0.2) is 18.2 Å². The second-order valence-electron chi connectivity index (χ2n) is 5.89. The smallest absolute Gasteiger partial charge is 0.224 e. The normalized spacial score (nSPS) is 20.5. The van der Waals surface area contributed by atoms with Crippen LogP contribution in [0.3, 0.4) is 0 Å². The highest BCUT2D eigenvalue weighted by Crippen LogP contribution is 2.22. The molecule has 0 aromatic heterocycles. The molecule has 0 radical (unpaired) electrons. The van der Waals surface area contributed by atoms with Crippen LogP contribution < -0.4 is 10.2 Å². The maximum Gasteiger partial charge on any atom is 0.224 e. The lowest BCUT2D eigenvalue weighted by atomic mass is 10.2. The Morgan fingerprint density at radius 2 is 1.92 bits per heavy atom. The van der Waals surface area contributed by atoms with Gasteiger partial charge in [-0.05, 0) is 12.1 Å². The van der Waals surface area contributed by atoms with Crippen molar-refractivity contribution in [1.29, 1.82) is 0 Å². The Kier molecular flexibility index (Phi) is 9.27. The number of hydrogen-bond donors (Lipinski definition) is 1. The number of rotatable bonds is 3.